The Morgan fingerprint density at radius 1 is 1.61 bits per heavy atom. The van der Waals surface area contributed by atoms with Gasteiger partial charge in [0, 0.05) is 12.8 Å². The van der Waals surface area contributed by atoms with Crippen molar-refractivity contribution in [1.82, 2.24) is 4.98 Å². The van der Waals surface area contributed by atoms with Crippen molar-refractivity contribution >= 4 is 27.3 Å². The van der Waals surface area contributed by atoms with E-state index in [4.69, 9.17) is 16.3 Å². The third-order valence-electron chi connectivity index (χ3n) is 2.67. The zero-order valence-corrected chi connectivity index (χ0v) is 11.6. The summed E-state index contributed by atoms with van der Waals surface area (Å²) in [4.78, 5) is 3.90. The third kappa shape index (κ3) is 3.57. The maximum atomic E-state index is 11.9. The molecule has 1 unspecified atom stereocenters. The molecule has 1 N–H and O–H groups in total. The second-order valence-electron chi connectivity index (χ2n) is 4.37. The summed E-state index contributed by atoms with van der Waals surface area (Å²) in [6.07, 6.45) is 3.05. The highest BCUT2D eigenvalue weighted by molar-refractivity contribution is 7.92. The van der Waals surface area contributed by atoms with Gasteiger partial charge < -0.3 is 4.74 Å². The van der Waals surface area contributed by atoms with Gasteiger partial charge in [-0.1, -0.05) is 11.6 Å². The SMILES string of the molecule is Cc1cnc(Cl)c(NS(=O)(=O)CC2CCCO2)c1. The van der Waals surface area contributed by atoms with Gasteiger partial charge >= 0.3 is 0 Å². The Hall–Kier alpha value is -0.850. The van der Waals surface area contributed by atoms with E-state index < -0.39 is 10.0 Å². The van der Waals surface area contributed by atoms with Crippen molar-refractivity contribution in [2.75, 3.05) is 17.1 Å². The molecule has 0 spiro atoms. The van der Waals surface area contributed by atoms with Crippen LogP contribution in [0.4, 0.5) is 5.69 Å². The smallest absolute Gasteiger partial charge is 0.235 e. The van der Waals surface area contributed by atoms with Crippen LogP contribution in [-0.4, -0.2) is 31.9 Å². The number of hydrogen-bond acceptors (Lipinski definition) is 4. The fourth-order valence-electron chi connectivity index (χ4n) is 1.85. The summed E-state index contributed by atoms with van der Waals surface area (Å²) in [5.74, 6) is -0.0444. The number of hydrogen-bond donors (Lipinski definition) is 1. The maximum Gasteiger partial charge on any atom is 0.235 e. The van der Waals surface area contributed by atoms with Crippen LogP contribution in [0.1, 0.15) is 18.4 Å². The van der Waals surface area contributed by atoms with E-state index in [2.05, 4.69) is 9.71 Å². The molecule has 1 fully saturated rings. The summed E-state index contributed by atoms with van der Waals surface area (Å²) < 4.78 is 31.6. The topological polar surface area (TPSA) is 68.3 Å². The van der Waals surface area contributed by atoms with Gasteiger partial charge in [-0.05, 0) is 31.4 Å². The Bertz CT molecular complexity index is 527. The number of aromatic nitrogens is 1. The van der Waals surface area contributed by atoms with Crippen LogP contribution in [0.25, 0.3) is 0 Å². The maximum absolute atomic E-state index is 11.9. The standard InChI is InChI=1S/C11H15ClN2O3S/c1-8-5-10(11(12)13-6-8)14-18(15,16)7-9-3-2-4-17-9/h5-6,9,14H,2-4,7H2,1H3. The molecule has 7 heteroatoms. The van der Waals surface area contributed by atoms with Crippen LogP contribution in [0.5, 0.6) is 0 Å². The van der Waals surface area contributed by atoms with Crippen molar-refractivity contribution in [1.29, 1.82) is 0 Å². The Morgan fingerprint density at radius 2 is 2.39 bits per heavy atom. The molecule has 0 aliphatic carbocycles. The van der Waals surface area contributed by atoms with Crippen LogP contribution < -0.4 is 4.72 Å². The minimum absolute atomic E-state index is 0.0444. The van der Waals surface area contributed by atoms with Crippen LogP contribution in [-0.2, 0) is 14.8 Å². The summed E-state index contributed by atoms with van der Waals surface area (Å²) in [5, 5.41) is 0.150. The number of rotatable bonds is 4. The molecule has 0 radical (unpaired) electrons. The Balaban J connectivity index is 2.09. The van der Waals surface area contributed by atoms with E-state index in [1.807, 2.05) is 6.92 Å². The van der Waals surface area contributed by atoms with E-state index in [1.54, 1.807) is 12.3 Å². The average molecular weight is 291 g/mol. The monoisotopic (exact) mass is 290 g/mol. The number of sulfonamides is 1. The number of nitrogens with zero attached hydrogens (tertiary/aromatic N) is 1. The fraction of sp³-hybridized carbons (Fsp3) is 0.545. The minimum atomic E-state index is -3.46. The van der Waals surface area contributed by atoms with Crippen LogP contribution in [0.15, 0.2) is 12.3 Å². The number of ether oxygens (including phenoxy) is 1. The fourth-order valence-corrected chi connectivity index (χ4v) is 3.39. The number of anilines is 1. The van der Waals surface area contributed by atoms with E-state index in [0.717, 1.165) is 18.4 Å². The van der Waals surface area contributed by atoms with E-state index in [9.17, 15) is 8.42 Å². The largest absolute Gasteiger partial charge is 0.377 e. The van der Waals surface area contributed by atoms with Crippen molar-refractivity contribution < 1.29 is 13.2 Å². The molecule has 1 aromatic heterocycles. The van der Waals surface area contributed by atoms with Crippen molar-refractivity contribution in [3.8, 4) is 0 Å². The highest BCUT2D eigenvalue weighted by Gasteiger charge is 2.23. The number of nitrogens with one attached hydrogen (secondary N) is 1. The Kier molecular flexibility index (Phi) is 4.09. The van der Waals surface area contributed by atoms with Gasteiger partial charge in [0.15, 0.2) is 5.15 Å². The molecule has 0 aromatic carbocycles. The van der Waals surface area contributed by atoms with E-state index in [1.165, 1.54) is 0 Å². The van der Waals surface area contributed by atoms with Crippen molar-refractivity contribution in [2.24, 2.45) is 0 Å². The number of pyridine rings is 1. The lowest BCUT2D eigenvalue weighted by atomic mass is 10.3. The summed E-state index contributed by atoms with van der Waals surface area (Å²) in [5.41, 5.74) is 1.16. The summed E-state index contributed by atoms with van der Waals surface area (Å²) >= 11 is 5.85. The highest BCUT2D eigenvalue weighted by Crippen LogP contribution is 2.22. The van der Waals surface area contributed by atoms with Gasteiger partial charge in [-0.25, -0.2) is 13.4 Å². The van der Waals surface area contributed by atoms with Crippen LogP contribution in [0.3, 0.4) is 0 Å². The first kappa shape index (κ1) is 13.6. The van der Waals surface area contributed by atoms with E-state index >= 15 is 0 Å². The molecule has 2 heterocycles. The quantitative estimate of drug-likeness (QED) is 0.861. The number of aryl methyl sites for hydroxylation is 1. The zero-order chi connectivity index (χ0) is 13.2. The van der Waals surface area contributed by atoms with Crippen LogP contribution in [0, 0.1) is 6.92 Å². The molecular weight excluding hydrogens is 276 g/mol. The second kappa shape index (κ2) is 5.42. The minimum Gasteiger partial charge on any atom is -0.377 e. The van der Waals surface area contributed by atoms with Crippen LogP contribution >= 0.6 is 11.6 Å². The first-order chi connectivity index (χ1) is 8.46. The first-order valence-corrected chi connectivity index (χ1v) is 7.73. The van der Waals surface area contributed by atoms with Crippen molar-refractivity contribution in [3.63, 3.8) is 0 Å². The van der Waals surface area contributed by atoms with Gasteiger partial charge in [-0.3, -0.25) is 4.72 Å². The molecule has 1 saturated heterocycles. The van der Waals surface area contributed by atoms with Gasteiger partial charge in [0.1, 0.15) is 0 Å². The lowest BCUT2D eigenvalue weighted by molar-refractivity contribution is 0.127. The molecule has 100 valence electrons. The Labute approximate surface area is 112 Å². The molecule has 0 amide bonds. The molecule has 1 aliphatic heterocycles. The van der Waals surface area contributed by atoms with Gasteiger partial charge in [-0.2, -0.15) is 0 Å². The van der Waals surface area contributed by atoms with Crippen molar-refractivity contribution in [3.05, 3.63) is 23.0 Å². The zero-order valence-electron chi connectivity index (χ0n) is 10.0. The average Bonchev–Trinajstić information content (AvgIpc) is 2.75. The molecule has 5 nitrogen and oxygen atoms in total. The number of halogens is 1. The first-order valence-electron chi connectivity index (χ1n) is 5.70. The molecule has 1 atom stereocenters. The lowest BCUT2D eigenvalue weighted by Gasteiger charge is -2.13. The normalized spacial score (nSPS) is 20.0. The molecule has 0 saturated carbocycles. The summed E-state index contributed by atoms with van der Waals surface area (Å²) in [6, 6.07) is 1.66. The highest BCUT2D eigenvalue weighted by atomic mass is 35.5. The molecule has 2 rings (SSSR count). The van der Waals surface area contributed by atoms with Gasteiger partial charge in [0.25, 0.3) is 0 Å². The second-order valence-corrected chi connectivity index (χ2v) is 6.49. The van der Waals surface area contributed by atoms with Gasteiger partial charge in [0.2, 0.25) is 10.0 Å². The van der Waals surface area contributed by atoms with Crippen LogP contribution in [0.2, 0.25) is 5.15 Å². The summed E-state index contributed by atoms with van der Waals surface area (Å²) in [7, 11) is -3.46. The molecule has 0 bridgehead atoms. The third-order valence-corrected chi connectivity index (χ3v) is 4.31. The molecule has 1 aromatic rings. The van der Waals surface area contributed by atoms with Gasteiger partial charge in [-0.15, -0.1) is 0 Å². The molecular formula is C11H15ClN2O3S. The van der Waals surface area contributed by atoms with E-state index in [-0.39, 0.29) is 17.0 Å². The van der Waals surface area contributed by atoms with Gasteiger partial charge in [0.05, 0.1) is 17.5 Å². The summed E-state index contributed by atoms with van der Waals surface area (Å²) in [6.45, 7) is 2.45. The molecule has 18 heavy (non-hydrogen) atoms. The Morgan fingerprint density at radius 3 is 3.06 bits per heavy atom. The predicted molar refractivity (Wildman–Crippen MR) is 70.4 cm³/mol. The lowest BCUT2D eigenvalue weighted by Crippen LogP contribution is -2.25. The molecule has 1 aliphatic rings. The van der Waals surface area contributed by atoms with E-state index in [0.29, 0.717) is 12.3 Å². The predicted octanol–water partition coefficient (Wildman–Crippen LogP) is 1.96. The van der Waals surface area contributed by atoms with Crippen molar-refractivity contribution in [2.45, 2.75) is 25.9 Å².